The maximum atomic E-state index is 6.54. The van der Waals surface area contributed by atoms with Crippen LogP contribution in [0.3, 0.4) is 0 Å². The second kappa shape index (κ2) is 12.3. The average Bonchev–Trinajstić information content (AvgIpc) is 3.94. The Kier molecular flexibility index (Phi) is 6.72. The quantitative estimate of drug-likeness (QED) is 0.195. The summed E-state index contributed by atoms with van der Waals surface area (Å²) in [4.78, 5) is 5.31. The van der Waals surface area contributed by atoms with E-state index in [-0.39, 0.29) is 6.04 Å². The first-order valence-electron chi connectivity index (χ1n) is 20.2. The van der Waals surface area contributed by atoms with Crippen LogP contribution in [0.5, 0.6) is 0 Å². The molecular weight excluding hydrogens is 721 g/mol. The lowest BCUT2D eigenvalue weighted by Crippen LogP contribution is -2.36. The molecule has 12 aromatic rings. The van der Waals surface area contributed by atoms with Gasteiger partial charge < -0.3 is 14.3 Å². The number of hydrogen-bond acceptors (Lipinski definition) is 3. The summed E-state index contributed by atoms with van der Waals surface area (Å²) >= 11 is 0. The van der Waals surface area contributed by atoms with Crippen LogP contribution in [-0.2, 0) is 0 Å². The standard InChI is InChI=1S/C54H34N4O/c1-2-14-38(15-3-1)57-47-20-10-7-16-39(47)43-28-35(23-26-49(43)57)36-24-27-50-44(29-36)40-17-8-11-21-48(40)58(50)54-55-46-19-9-6-18-42(46)53(56-54)37-22-25-41-45-30-33-12-4-5-13-34(33)31-52(45)59-51(41)32-37/h1-32,53H,(H,55,56). The molecule has 1 atom stereocenters. The van der Waals surface area contributed by atoms with Gasteiger partial charge in [-0.25, -0.2) is 4.99 Å². The van der Waals surface area contributed by atoms with Gasteiger partial charge >= 0.3 is 0 Å². The minimum absolute atomic E-state index is 0.143. The van der Waals surface area contributed by atoms with E-state index >= 15 is 0 Å². The Morgan fingerprint density at radius 2 is 1.02 bits per heavy atom. The minimum atomic E-state index is -0.143. The summed E-state index contributed by atoms with van der Waals surface area (Å²) in [6.45, 7) is 0. The van der Waals surface area contributed by atoms with Crippen molar-refractivity contribution in [3.05, 3.63) is 205 Å². The van der Waals surface area contributed by atoms with Gasteiger partial charge in [0.05, 0.1) is 33.8 Å². The predicted molar refractivity (Wildman–Crippen MR) is 244 cm³/mol. The molecule has 0 aliphatic carbocycles. The molecule has 0 amide bonds. The number of furan rings is 1. The Labute approximate surface area is 338 Å². The van der Waals surface area contributed by atoms with Crippen molar-refractivity contribution in [2.45, 2.75) is 6.04 Å². The zero-order valence-electron chi connectivity index (χ0n) is 31.8. The molecule has 1 aliphatic heterocycles. The highest BCUT2D eigenvalue weighted by Gasteiger charge is 2.27. The van der Waals surface area contributed by atoms with Gasteiger partial charge in [-0.2, -0.15) is 0 Å². The zero-order chi connectivity index (χ0) is 38.6. The normalized spacial score (nSPS) is 14.2. The molecule has 5 nitrogen and oxygen atoms in total. The molecule has 9 aromatic carbocycles. The van der Waals surface area contributed by atoms with Gasteiger partial charge in [0.2, 0.25) is 5.96 Å². The fourth-order valence-corrected chi connectivity index (χ4v) is 9.61. The van der Waals surface area contributed by atoms with E-state index in [4.69, 9.17) is 9.41 Å². The van der Waals surface area contributed by atoms with Crippen molar-refractivity contribution in [3.8, 4) is 16.8 Å². The van der Waals surface area contributed by atoms with Crippen LogP contribution in [0, 0.1) is 0 Å². The monoisotopic (exact) mass is 754 g/mol. The molecular formula is C54H34N4O. The average molecular weight is 755 g/mol. The summed E-state index contributed by atoms with van der Waals surface area (Å²) in [6.07, 6.45) is 0. The Bertz CT molecular complexity index is 3720. The highest BCUT2D eigenvalue weighted by atomic mass is 16.3. The van der Waals surface area contributed by atoms with Crippen molar-refractivity contribution < 1.29 is 4.42 Å². The van der Waals surface area contributed by atoms with Crippen LogP contribution >= 0.6 is 0 Å². The first kappa shape index (κ1) is 32.2. The molecule has 3 aromatic heterocycles. The molecule has 0 fully saturated rings. The topological polar surface area (TPSA) is 47.4 Å². The summed E-state index contributed by atoms with van der Waals surface area (Å²) in [7, 11) is 0. The first-order chi connectivity index (χ1) is 29.2. The van der Waals surface area contributed by atoms with E-state index in [9.17, 15) is 0 Å². The third-order valence-corrected chi connectivity index (χ3v) is 12.3. The minimum Gasteiger partial charge on any atom is -0.456 e. The molecule has 59 heavy (non-hydrogen) atoms. The third-order valence-electron chi connectivity index (χ3n) is 12.3. The maximum absolute atomic E-state index is 6.54. The molecule has 0 spiro atoms. The number of aliphatic imine (C=N–C) groups is 1. The van der Waals surface area contributed by atoms with Gasteiger partial charge in [-0.1, -0.05) is 121 Å². The number of fused-ring (bicyclic) bond motifs is 11. The van der Waals surface area contributed by atoms with Gasteiger partial charge in [0.15, 0.2) is 0 Å². The fraction of sp³-hybridized carbons (Fsp3) is 0.0185. The van der Waals surface area contributed by atoms with Gasteiger partial charge in [0.1, 0.15) is 11.2 Å². The van der Waals surface area contributed by atoms with Gasteiger partial charge in [-0.15, -0.1) is 0 Å². The van der Waals surface area contributed by atoms with Crippen molar-refractivity contribution >= 4 is 88.0 Å². The Balaban J connectivity index is 0.938. The molecule has 1 unspecified atom stereocenters. The van der Waals surface area contributed by atoms with E-state index in [2.05, 4.69) is 209 Å². The van der Waals surface area contributed by atoms with Crippen LogP contribution in [-0.4, -0.2) is 15.1 Å². The van der Waals surface area contributed by atoms with Crippen LogP contribution in [0.15, 0.2) is 204 Å². The van der Waals surface area contributed by atoms with Crippen molar-refractivity contribution in [3.63, 3.8) is 0 Å². The van der Waals surface area contributed by atoms with Gasteiger partial charge in [0, 0.05) is 43.6 Å². The number of rotatable bonds is 3. The summed E-state index contributed by atoms with van der Waals surface area (Å²) in [5, 5.41) is 13.4. The molecule has 0 radical (unpaired) electrons. The Morgan fingerprint density at radius 3 is 1.78 bits per heavy atom. The van der Waals surface area contributed by atoms with Crippen LogP contribution < -0.4 is 5.32 Å². The largest absolute Gasteiger partial charge is 0.456 e. The molecule has 13 rings (SSSR count). The second-order valence-corrected chi connectivity index (χ2v) is 15.6. The SMILES string of the molecule is c1ccc(-n2c3ccccc3c3cc(-c4ccc5c(c4)c4ccccc4n5C4=Nc5ccccc5C(c5ccc6c(c5)oc5cc7ccccc7cc56)N4)ccc32)cc1. The lowest BCUT2D eigenvalue weighted by Gasteiger charge is -2.28. The van der Waals surface area contributed by atoms with Gasteiger partial charge in [-0.3, -0.25) is 4.57 Å². The fourth-order valence-electron chi connectivity index (χ4n) is 9.61. The van der Waals surface area contributed by atoms with E-state index in [0.29, 0.717) is 0 Å². The van der Waals surface area contributed by atoms with Gasteiger partial charge in [0.25, 0.3) is 0 Å². The number of hydrogen-bond donors (Lipinski definition) is 1. The number of para-hydroxylation sites is 4. The Hall–Kier alpha value is -7.89. The maximum Gasteiger partial charge on any atom is 0.209 e. The lowest BCUT2D eigenvalue weighted by molar-refractivity contribution is 0.665. The van der Waals surface area contributed by atoms with E-state index in [1.165, 1.54) is 54.5 Å². The summed E-state index contributed by atoms with van der Waals surface area (Å²) in [6, 6.07) is 69.5. The summed E-state index contributed by atoms with van der Waals surface area (Å²) in [5.41, 5.74) is 13.1. The smallest absolute Gasteiger partial charge is 0.209 e. The molecule has 5 heteroatoms. The van der Waals surface area contributed by atoms with Crippen molar-refractivity contribution in [2.24, 2.45) is 4.99 Å². The van der Waals surface area contributed by atoms with Crippen LogP contribution in [0.2, 0.25) is 0 Å². The molecule has 276 valence electrons. The number of nitrogens with one attached hydrogen (secondary N) is 1. The van der Waals surface area contributed by atoms with Crippen LogP contribution in [0.25, 0.3) is 93.1 Å². The van der Waals surface area contributed by atoms with E-state index in [0.717, 1.165) is 61.4 Å². The first-order valence-corrected chi connectivity index (χ1v) is 20.2. The zero-order valence-corrected chi connectivity index (χ0v) is 31.8. The number of benzene rings is 9. The third kappa shape index (κ3) is 4.82. The number of nitrogens with zero attached hydrogens (tertiary/aromatic N) is 3. The Morgan fingerprint density at radius 1 is 0.424 bits per heavy atom. The van der Waals surface area contributed by atoms with Gasteiger partial charge in [-0.05, 0) is 100 Å². The van der Waals surface area contributed by atoms with E-state index in [1.54, 1.807) is 0 Å². The molecule has 1 N–H and O–H groups in total. The predicted octanol–water partition coefficient (Wildman–Crippen LogP) is 13.8. The van der Waals surface area contributed by atoms with Crippen molar-refractivity contribution in [1.82, 2.24) is 14.5 Å². The second-order valence-electron chi connectivity index (χ2n) is 15.6. The molecule has 0 saturated carbocycles. The van der Waals surface area contributed by atoms with Crippen molar-refractivity contribution in [2.75, 3.05) is 0 Å². The highest BCUT2D eigenvalue weighted by Crippen LogP contribution is 2.41. The summed E-state index contributed by atoms with van der Waals surface area (Å²) < 4.78 is 11.2. The van der Waals surface area contributed by atoms with Crippen LogP contribution in [0.4, 0.5) is 5.69 Å². The van der Waals surface area contributed by atoms with Crippen LogP contribution in [0.1, 0.15) is 17.2 Å². The van der Waals surface area contributed by atoms with E-state index in [1.807, 2.05) is 0 Å². The summed E-state index contributed by atoms with van der Waals surface area (Å²) in [5.74, 6) is 0.791. The molecule has 0 bridgehead atoms. The van der Waals surface area contributed by atoms with E-state index < -0.39 is 0 Å². The van der Waals surface area contributed by atoms with Crippen molar-refractivity contribution in [1.29, 1.82) is 0 Å². The molecule has 1 aliphatic rings. The highest BCUT2D eigenvalue weighted by molar-refractivity contribution is 6.16. The molecule has 4 heterocycles. The molecule has 0 saturated heterocycles. The number of aromatic nitrogens is 2. The lowest BCUT2D eigenvalue weighted by atomic mass is 9.95.